The molecule has 1 aromatic rings. The van der Waals surface area contributed by atoms with Crippen molar-refractivity contribution in [1.29, 1.82) is 0 Å². The molecule has 0 atom stereocenters. The fraction of sp³-hybridized carbons (Fsp3) is 0.667. The molecule has 4 aliphatic rings. The standard InChI is InChI=1S/C24H35N3O3/c1-3-27(15-23(29)26-20-5-4-6-21(10-20)30-2)14-22(28)25-16-24-11-17-7-18(12-24)9-19(8-17)13-24/h4-6,10,17-19H,3,7-9,11-16H2,1-2H3,(H,25,28)(H,26,29). The van der Waals surface area contributed by atoms with E-state index in [1.807, 2.05) is 30.0 Å². The zero-order chi connectivity index (χ0) is 21.1. The minimum atomic E-state index is -0.126. The molecule has 164 valence electrons. The van der Waals surface area contributed by atoms with Gasteiger partial charge in [0.05, 0.1) is 20.2 Å². The molecular weight excluding hydrogens is 378 g/mol. The van der Waals surface area contributed by atoms with Crippen LogP contribution in [0.15, 0.2) is 24.3 Å². The van der Waals surface area contributed by atoms with Crippen molar-refractivity contribution < 1.29 is 14.3 Å². The molecule has 6 nitrogen and oxygen atoms in total. The van der Waals surface area contributed by atoms with Gasteiger partial charge in [0.2, 0.25) is 11.8 Å². The predicted octanol–water partition coefficient (Wildman–Crippen LogP) is 3.29. The van der Waals surface area contributed by atoms with Gasteiger partial charge in [-0.25, -0.2) is 0 Å². The maximum atomic E-state index is 12.6. The monoisotopic (exact) mass is 413 g/mol. The number of carbonyl (C=O) groups excluding carboxylic acids is 2. The van der Waals surface area contributed by atoms with Crippen molar-refractivity contribution in [2.75, 3.05) is 38.6 Å². The molecule has 0 unspecified atom stereocenters. The first-order valence-corrected chi connectivity index (χ1v) is 11.4. The number of methoxy groups -OCH3 is 1. The molecule has 0 heterocycles. The number of nitrogens with one attached hydrogen (secondary N) is 2. The molecule has 0 saturated heterocycles. The summed E-state index contributed by atoms with van der Waals surface area (Å²) >= 11 is 0. The molecule has 30 heavy (non-hydrogen) atoms. The molecule has 5 rings (SSSR count). The van der Waals surface area contributed by atoms with Crippen molar-refractivity contribution in [3.05, 3.63) is 24.3 Å². The van der Waals surface area contributed by atoms with Gasteiger partial charge in [-0.05, 0) is 80.4 Å². The first kappa shape index (κ1) is 21.2. The van der Waals surface area contributed by atoms with E-state index < -0.39 is 0 Å². The minimum absolute atomic E-state index is 0.0294. The number of amides is 2. The first-order valence-electron chi connectivity index (χ1n) is 11.4. The van der Waals surface area contributed by atoms with Crippen LogP contribution in [0.4, 0.5) is 5.69 Å². The van der Waals surface area contributed by atoms with Crippen molar-refractivity contribution in [2.45, 2.75) is 45.4 Å². The fourth-order valence-corrected chi connectivity index (χ4v) is 6.44. The summed E-state index contributed by atoms with van der Waals surface area (Å²) in [6.45, 7) is 3.89. The third-order valence-electron chi connectivity index (χ3n) is 7.36. The van der Waals surface area contributed by atoms with E-state index in [4.69, 9.17) is 4.74 Å². The molecule has 4 bridgehead atoms. The lowest BCUT2D eigenvalue weighted by atomic mass is 9.49. The summed E-state index contributed by atoms with van der Waals surface area (Å²) in [5.74, 6) is 3.27. The average Bonchev–Trinajstić information content (AvgIpc) is 2.71. The van der Waals surface area contributed by atoms with Crippen LogP contribution < -0.4 is 15.4 Å². The topological polar surface area (TPSA) is 70.7 Å². The number of hydrogen-bond acceptors (Lipinski definition) is 4. The zero-order valence-corrected chi connectivity index (χ0v) is 18.3. The number of rotatable bonds is 9. The lowest BCUT2D eigenvalue weighted by molar-refractivity contribution is -0.125. The summed E-state index contributed by atoms with van der Waals surface area (Å²) < 4.78 is 5.19. The summed E-state index contributed by atoms with van der Waals surface area (Å²) in [5.41, 5.74) is 1.03. The molecule has 6 heteroatoms. The van der Waals surface area contributed by atoms with E-state index in [1.165, 1.54) is 38.5 Å². The van der Waals surface area contributed by atoms with Crippen molar-refractivity contribution in [3.63, 3.8) is 0 Å². The fourth-order valence-electron chi connectivity index (χ4n) is 6.44. The number of nitrogens with zero attached hydrogens (tertiary/aromatic N) is 1. The van der Waals surface area contributed by atoms with Crippen LogP contribution in [0.5, 0.6) is 5.75 Å². The lowest BCUT2D eigenvalue weighted by Crippen LogP contribution is -2.52. The van der Waals surface area contributed by atoms with E-state index in [2.05, 4.69) is 10.6 Å². The van der Waals surface area contributed by atoms with Gasteiger partial charge in [-0.1, -0.05) is 13.0 Å². The van der Waals surface area contributed by atoms with E-state index in [0.717, 1.165) is 24.3 Å². The Hall–Kier alpha value is -2.08. The predicted molar refractivity (Wildman–Crippen MR) is 117 cm³/mol. The molecule has 2 amide bonds. The normalized spacial score (nSPS) is 29.1. The van der Waals surface area contributed by atoms with E-state index in [1.54, 1.807) is 13.2 Å². The van der Waals surface area contributed by atoms with E-state index in [0.29, 0.717) is 23.4 Å². The maximum Gasteiger partial charge on any atom is 0.238 e. The van der Waals surface area contributed by atoms with Crippen LogP contribution in [0.25, 0.3) is 0 Å². The number of benzene rings is 1. The Bertz CT molecular complexity index is 743. The van der Waals surface area contributed by atoms with Crippen LogP contribution >= 0.6 is 0 Å². The molecule has 2 N–H and O–H groups in total. The Labute approximate surface area is 179 Å². The second-order valence-electron chi connectivity index (χ2n) is 9.78. The van der Waals surface area contributed by atoms with Crippen LogP contribution in [0.2, 0.25) is 0 Å². The minimum Gasteiger partial charge on any atom is -0.497 e. The van der Waals surface area contributed by atoms with Gasteiger partial charge in [0.25, 0.3) is 0 Å². The highest BCUT2D eigenvalue weighted by Crippen LogP contribution is 2.59. The molecule has 1 aromatic carbocycles. The summed E-state index contributed by atoms with van der Waals surface area (Å²) in [6, 6.07) is 7.29. The molecular formula is C24H35N3O3. The number of carbonyl (C=O) groups is 2. The highest BCUT2D eigenvalue weighted by molar-refractivity contribution is 5.92. The van der Waals surface area contributed by atoms with Crippen LogP contribution in [-0.2, 0) is 9.59 Å². The molecule has 0 spiro atoms. The van der Waals surface area contributed by atoms with Gasteiger partial charge in [-0.3, -0.25) is 14.5 Å². The quantitative estimate of drug-likeness (QED) is 0.652. The lowest BCUT2D eigenvalue weighted by Gasteiger charge is -2.56. The number of ether oxygens (including phenoxy) is 1. The van der Waals surface area contributed by atoms with E-state index >= 15 is 0 Å². The van der Waals surface area contributed by atoms with Gasteiger partial charge < -0.3 is 15.4 Å². The second kappa shape index (κ2) is 8.96. The van der Waals surface area contributed by atoms with Gasteiger partial charge in [-0.2, -0.15) is 0 Å². The average molecular weight is 414 g/mol. The van der Waals surface area contributed by atoms with Gasteiger partial charge >= 0.3 is 0 Å². The SMILES string of the molecule is CCN(CC(=O)NCC12CC3CC(CC(C3)C1)C2)CC(=O)Nc1cccc(OC)c1. The summed E-state index contributed by atoms with van der Waals surface area (Å²) in [7, 11) is 1.60. The van der Waals surface area contributed by atoms with Crippen molar-refractivity contribution in [2.24, 2.45) is 23.2 Å². The number of anilines is 1. The zero-order valence-electron chi connectivity index (χ0n) is 18.3. The molecule has 4 fully saturated rings. The van der Waals surface area contributed by atoms with Gasteiger partial charge in [-0.15, -0.1) is 0 Å². The Morgan fingerprint density at radius 3 is 2.30 bits per heavy atom. The Morgan fingerprint density at radius 2 is 1.70 bits per heavy atom. The van der Waals surface area contributed by atoms with E-state index in [9.17, 15) is 9.59 Å². The van der Waals surface area contributed by atoms with Crippen LogP contribution in [0.3, 0.4) is 0 Å². The van der Waals surface area contributed by atoms with Crippen molar-refractivity contribution >= 4 is 17.5 Å². The highest BCUT2D eigenvalue weighted by Gasteiger charge is 2.50. The van der Waals surface area contributed by atoms with E-state index in [-0.39, 0.29) is 24.9 Å². The molecule has 4 saturated carbocycles. The third kappa shape index (κ3) is 4.97. The number of likely N-dealkylation sites (N-methyl/N-ethyl adjacent to an activating group) is 1. The van der Waals surface area contributed by atoms with Gasteiger partial charge in [0, 0.05) is 18.3 Å². The molecule has 4 aliphatic carbocycles. The van der Waals surface area contributed by atoms with Crippen molar-refractivity contribution in [3.8, 4) is 5.75 Å². The second-order valence-corrected chi connectivity index (χ2v) is 9.78. The largest absolute Gasteiger partial charge is 0.497 e. The van der Waals surface area contributed by atoms with Crippen LogP contribution in [0.1, 0.15) is 45.4 Å². The molecule has 0 radical (unpaired) electrons. The smallest absolute Gasteiger partial charge is 0.238 e. The highest BCUT2D eigenvalue weighted by atomic mass is 16.5. The van der Waals surface area contributed by atoms with Gasteiger partial charge in [0.15, 0.2) is 0 Å². The maximum absolute atomic E-state index is 12.6. The van der Waals surface area contributed by atoms with Crippen LogP contribution in [0, 0.1) is 23.2 Å². The summed E-state index contributed by atoms with van der Waals surface area (Å²) in [4.78, 5) is 26.9. The molecule has 0 aliphatic heterocycles. The summed E-state index contributed by atoms with van der Waals surface area (Å²) in [6.07, 6.45) is 8.12. The Balaban J connectivity index is 1.24. The Morgan fingerprint density at radius 1 is 1.07 bits per heavy atom. The summed E-state index contributed by atoms with van der Waals surface area (Å²) in [5, 5.41) is 6.10. The molecule has 0 aromatic heterocycles. The third-order valence-corrected chi connectivity index (χ3v) is 7.36. The van der Waals surface area contributed by atoms with Crippen molar-refractivity contribution in [1.82, 2.24) is 10.2 Å². The Kier molecular flexibility index (Phi) is 6.32. The first-order chi connectivity index (χ1) is 14.5. The van der Waals surface area contributed by atoms with Gasteiger partial charge in [0.1, 0.15) is 5.75 Å². The van der Waals surface area contributed by atoms with Crippen LogP contribution in [-0.4, -0.2) is 50.0 Å². The number of hydrogen-bond donors (Lipinski definition) is 2.